The summed E-state index contributed by atoms with van der Waals surface area (Å²) in [6.07, 6.45) is 1.70. The van der Waals surface area contributed by atoms with Crippen molar-refractivity contribution in [1.29, 1.82) is 0 Å². The smallest absolute Gasteiger partial charge is 0.280 e. The number of thiazole rings is 1. The van der Waals surface area contributed by atoms with E-state index in [1.54, 1.807) is 6.20 Å². The number of hydrogen-bond acceptors (Lipinski definition) is 3. The molecule has 0 radical (unpaired) electrons. The molecule has 0 aliphatic heterocycles. The van der Waals surface area contributed by atoms with Crippen molar-refractivity contribution in [1.82, 2.24) is 10.3 Å². The highest BCUT2D eigenvalue weighted by Gasteiger charge is 2.06. The quantitative estimate of drug-likeness (QED) is 0.724. The zero-order chi connectivity index (χ0) is 8.27. The molecule has 1 amide bonds. The molecule has 60 valence electrons. The summed E-state index contributed by atoms with van der Waals surface area (Å²) < 4.78 is 0. The molecule has 0 aliphatic carbocycles. The van der Waals surface area contributed by atoms with E-state index in [2.05, 4.69) is 10.3 Å². The van der Waals surface area contributed by atoms with E-state index in [0.717, 1.165) is 4.88 Å². The van der Waals surface area contributed by atoms with E-state index < -0.39 is 0 Å². The van der Waals surface area contributed by atoms with Gasteiger partial charge in [-0.3, -0.25) is 4.79 Å². The van der Waals surface area contributed by atoms with Gasteiger partial charge in [-0.05, 0) is 13.8 Å². The van der Waals surface area contributed by atoms with Crippen molar-refractivity contribution in [2.24, 2.45) is 0 Å². The number of aromatic nitrogens is 1. The van der Waals surface area contributed by atoms with E-state index in [9.17, 15) is 4.79 Å². The van der Waals surface area contributed by atoms with Gasteiger partial charge in [-0.1, -0.05) is 0 Å². The van der Waals surface area contributed by atoms with Gasteiger partial charge in [0, 0.05) is 17.6 Å². The summed E-state index contributed by atoms with van der Waals surface area (Å²) in [5.74, 6) is -0.0781. The Labute approximate surface area is 69.5 Å². The molecule has 0 aromatic carbocycles. The van der Waals surface area contributed by atoms with Crippen molar-refractivity contribution in [3.63, 3.8) is 0 Å². The first-order valence-electron chi connectivity index (χ1n) is 3.44. The Bertz CT molecular complexity index is 257. The van der Waals surface area contributed by atoms with Crippen molar-refractivity contribution in [3.05, 3.63) is 16.1 Å². The Hall–Kier alpha value is -0.900. The minimum atomic E-state index is -0.0781. The predicted molar refractivity (Wildman–Crippen MR) is 44.9 cm³/mol. The van der Waals surface area contributed by atoms with Gasteiger partial charge in [0.2, 0.25) is 0 Å². The minimum Gasteiger partial charge on any atom is -0.350 e. The van der Waals surface area contributed by atoms with Crippen LogP contribution in [0.1, 0.15) is 21.6 Å². The fourth-order valence-corrected chi connectivity index (χ4v) is 1.38. The number of hydrogen-bond donors (Lipinski definition) is 1. The molecule has 0 saturated carbocycles. The summed E-state index contributed by atoms with van der Waals surface area (Å²) in [6, 6.07) is 0. The fraction of sp³-hybridized carbons (Fsp3) is 0.429. The van der Waals surface area contributed by atoms with Gasteiger partial charge < -0.3 is 5.32 Å². The lowest BCUT2D eigenvalue weighted by Crippen LogP contribution is -2.22. The lowest BCUT2D eigenvalue weighted by atomic mass is 10.6. The van der Waals surface area contributed by atoms with E-state index in [1.165, 1.54) is 11.3 Å². The molecule has 1 rings (SSSR count). The highest BCUT2D eigenvalue weighted by Crippen LogP contribution is 2.10. The molecule has 0 bridgehead atoms. The Morgan fingerprint density at radius 3 is 3.00 bits per heavy atom. The second-order valence-electron chi connectivity index (χ2n) is 2.14. The second-order valence-corrected chi connectivity index (χ2v) is 3.37. The van der Waals surface area contributed by atoms with Crippen molar-refractivity contribution in [3.8, 4) is 0 Å². The van der Waals surface area contributed by atoms with Gasteiger partial charge in [0.1, 0.15) is 0 Å². The van der Waals surface area contributed by atoms with Gasteiger partial charge in [-0.2, -0.15) is 0 Å². The number of amides is 1. The lowest BCUT2D eigenvalue weighted by molar-refractivity contribution is 0.0955. The predicted octanol–water partition coefficient (Wildman–Crippen LogP) is 1.20. The fourth-order valence-electron chi connectivity index (χ4n) is 0.696. The molecule has 0 unspecified atom stereocenters. The molecule has 0 spiro atoms. The van der Waals surface area contributed by atoms with E-state index in [-0.39, 0.29) is 5.91 Å². The third-order valence-electron chi connectivity index (χ3n) is 1.15. The molecular formula is C7H10N2OS. The molecule has 1 aromatic heterocycles. The topological polar surface area (TPSA) is 42.0 Å². The molecule has 11 heavy (non-hydrogen) atoms. The largest absolute Gasteiger partial charge is 0.350 e. The van der Waals surface area contributed by atoms with Crippen molar-refractivity contribution >= 4 is 17.2 Å². The molecule has 0 fully saturated rings. The van der Waals surface area contributed by atoms with E-state index in [1.807, 2.05) is 13.8 Å². The third kappa shape index (κ3) is 2.01. The summed E-state index contributed by atoms with van der Waals surface area (Å²) in [4.78, 5) is 16.1. The summed E-state index contributed by atoms with van der Waals surface area (Å²) in [7, 11) is 0. The van der Waals surface area contributed by atoms with Crippen LogP contribution >= 0.6 is 11.3 Å². The monoisotopic (exact) mass is 170 g/mol. The Morgan fingerprint density at radius 2 is 2.55 bits per heavy atom. The van der Waals surface area contributed by atoms with Gasteiger partial charge in [-0.25, -0.2) is 4.98 Å². The van der Waals surface area contributed by atoms with Crippen LogP contribution in [0.15, 0.2) is 6.20 Å². The highest BCUT2D eigenvalue weighted by atomic mass is 32.1. The molecule has 0 aliphatic rings. The summed E-state index contributed by atoms with van der Waals surface area (Å²) in [5, 5.41) is 3.23. The van der Waals surface area contributed by atoms with E-state index in [4.69, 9.17) is 0 Å². The van der Waals surface area contributed by atoms with Crippen LogP contribution in [0, 0.1) is 6.92 Å². The molecule has 3 nitrogen and oxygen atoms in total. The van der Waals surface area contributed by atoms with Crippen molar-refractivity contribution < 1.29 is 4.79 Å². The summed E-state index contributed by atoms with van der Waals surface area (Å²) >= 11 is 1.41. The molecule has 1 N–H and O–H groups in total. The number of nitrogens with zero attached hydrogens (tertiary/aromatic N) is 1. The molecule has 1 heterocycles. The Morgan fingerprint density at radius 1 is 1.82 bits per heavy atom. The molecule has 1 aromatic rings. The Kier molecular flexibility index (Phi) is 2.59. The number of carbonyl (C=O) groups is 1. The maximum atomic E-state index is 11.1. The normalized spacial score (nSPS) is 9.64. The SMILES string of the molecule is CCNC(=O)c1ncc(C)s1. The van der Waals surface area contributed by atoms with Crippen LogP contribution in [0.4, 0.5) is 0 Å². The van der Waals surface area contributed by atoms with Crippen LogP contribution in [0.25, 0.3) is 0 Å². The van der Waals surface area contributed by atoms with Crippen LogP contribution in [0.5, 0.6) is 0 Å². The average Bonchev–Trinajstić information content (AvgIpc) is 2.36. The third-order valence-corrected chi connectivity index (χ3v) is 2.06. The van der Waals surface area contributed by atoms with E-state index in [0.29, 0.717) is 11.6 Å². The number of rotatable bonds is 2. The maximum absolute atomic E-state index is 11.1. The molecular weight excluding hydrogens is 160 g/mol. The zero-order valence-electron chi connectivity index (χ0n) is 6.55. The standard InChI is InChI=1S/C7H10N2OS/c1-3-8-6(10)7-9-4-5(2)11-7/h4H,3H2,1-2H3,(H,8,10). The number of aryl methyl sites for hydroxylation is 1. The van der Waals surface area contributed by atoms with Crippen molar-refractivity contribution in [2.75, 3.05) is 6.54 Å². The first-order valence-corrected chi connectivity index (χ1v) is 4.26. The van der Waals surface area contributed by atoms with Gasteiger partial charge in [-0.15, -0.1) is 11.3 Å². The maximum Gasteiger partial charge on any atom is 0.280 e. The first kappa shape index (κ1) is 8.20. The second kappa shape index (κ2) is 3.48. The van der Waals surface area contributed by atoms with Gasteiger partial charge >= 0.3 is 0 Å². The summed E-state index contributed by atoms with van der Waals surface area (Å²) in [5.41, 5.74) is 0. The van der Waals surface area contributed by atoms with Crippen LogP contribution in [0.2, 0.25) is 0 Å². The van der Waals surface area contributed by atoms with Gasteiger partial charge in [0.05, 0.1) is 0 Å². The van der Waals surface area contributed by atoms with Gasteiger partial charge in [0.25, 0.3) is 5.91 Å². The molecule has 0 saturated heterocycles. The number of carbonyl (C=O) groups excluding carboxylic acids is 1. The molecule has 4 heteroatoms. The van der Waals surface area contributed by atoms with Crippen LogP contribution in [-0.4, -0.2) is 17.4 Å². The van der Waals surface area contributed by atoms with Gasteiger partial charge in [0.15, 0.2) is 5.01 Å². The van der Waals surface area contributed by atoms with Crippen LogP contribution in [0.3, 0.4) is 0 Å². The average molecular weight is 170 g/mol. The van der Waals surface area contributed by atoms with Crippen molar-refractivity contribution in [2.45, 2.75) is 13.8 Å². The molecule has 0 atom stereocenters. The first-order chi connectivity index (χ1) is 5.24. The minimum absolute atomic E-state index is 0.0781. The summed E-state index contributed by atoms with van der Waals surface area (Å²) in [6.45, 7) is 4.47. The Balaban J connectivity index is 2.69. The van der Waals surface area contributed by atoms with Crippen LogP contribution < -0.4 is 5.32 Å². The lowest BCUT2D eigenvalue weighted by Gasteiger charge is -1.94. The zero-order valence-corrected chi connectivity index (χ0v) is 7.36. The number of nitrogens with one attached hydrogen (secondary N) is 1. The highest BCUT2D eigenvalue weighted by molar-refractivity contribution is 7.13. The van der Waals surface area contributed by atoms with E-state index >= 15 is 0 Å². The van der Waals surface area contributed by atoms with Crippen LogP contribution in [-0.2, 0) is 0 Å².